The van der Waals surface area contributed by atoms with E-state index in [2.05, 4.69) is 35.4 Å². The number of aliphatic imine (C=N–C) groups is 1. The van der Waals surface area contributed by atoms with E-state index in [4.69, 9.17) is 0 Å². The van der Waals surface area contributed by atoms with Gasteiger partial charge in [-0.2, -0.15) is 0 Å². The van der Waals surface area contributed by atoms with Crippen molar-refractivity contribution in [3.05, 3.63) is 70.9 Å². The predicted octanol–water partition coefficient (Wildman–Crippen LogP) is 4.77. The van der Waals surface area contributed by atoms with Crippen molar-refractivity contribution in [1.82, 2.24) is 14.5 Å². The molecule has 6 heteroatoms. The molecular formula is C28H38N4O2. The number of aryl methyl sites for hydroxylation is 1. The monoisotopic (exact) mass is 462 g/mol. The lowest BCUT2D eigenvalue weighted by Gasteiger charge is -2.28. The molecule has 0 spiro atoms. The van der Waals surface area contributed by atoms with Gasteiger partial charge in [0.25, 0.3) is 0 Å². The number of hydrogen-bond acceptors (Lipinski definition) is 5. The molecule has 0 saturated heterocycles. The molecule has 3 rings (SSSR count). The fourth-order valence-electron chi connectivity index (χ4n) is 3.98. The molecule has 2 heterocycles. The fraction of sp³-hybridized carbons (Fsp3) is 0.393. The van der Waals surface area contributed by atoms with Crippen molar-refractivity contribution in [3.8, 4) is 11.4 Å². The van der Waals surface area contributed by atoms with Crippen molar-refractivity contribution in [2.75, 3.05) is 0 Å². The minimum atomic E-state index is -0.725. The summed E-state index contributed by atoms with van der Waals surface area (Å²) in [6, 6.07) is 10.8. The van der Waals surface area contributed by atoms with Crippen molar-refractivity contribution in [2.45, 2.75) is 72.8 Å². The van der Waals surface area contributed by atoms with Crippen molar-refractivity contribution in [3.63, 3.8) is 0 Å². The van der Waals surface area contributed by atoms with Crippen LogP contribution in [0.2, 0.25) is 0 Å². The molecule has 0 fully saturated rings. The van der Waals surface area contributed by atoms with Crippen LogP contribution in [0.25, 0.3) is 18.0 Å². The van der Waals surface area contributed by atoms with E-state index in [-0.39, 0.29) is 5.75 Å². The van der Waals surface area contributed by atoms with Crippen LogP contribution in [-0.2, 0) is 5.60 Å². The van der Waals surface area contributed by atoms with Gasteiger partial charge in [-0.15, -0.1) is 0 Å². The van der Waals surface area contributed by atoms with Gasteiger partial charge in [0, 0.05) is 17.6 Å². The SMILES string of the molecule is C=c1/c(=C(/C)N=C(C)C)ncn1-c1ccnc(C)c1.CCCC(O)(CCC)c1ccc(O)cc1. The molecule has 182 valence electrons. The lowest BCUT2D eigenvalue weighted by Crippen LogP contribution is -2.29. The third-order valence-corrected chi connectivity index (χ3v) is 5.49. The third kappa shape index (κ3) is 7.12. The van der Waals surface area contributed by atoms with Gasteiger partial charge in [0.2, 0.25) is 0 Å². The molecule has 0 aliphatic heterocycles. The van der Waals surface area contributed by atoms with Gasteiger partial charge >= 0.3 is 0 Å². The maximum atomic E-state index is 10.5. The topological polar surface area (TPSA) is 83.5 Å². The van der Waals surface area contributed by atoms with Crippen LogP contribution in [-0.4, -0.2) is 30.5 Å². The van der Waals surface area contributed by atoms with Crippen LogP contribution >= 0.6 is 0 Å². The van der Waals surface area contributed by atoms with Gasteiger partial charge in [0.15, 0.2) is 0 Å². The average Bonchev–Trinajstić information content (AvgIpc) is 3.16. The number of aromatic nitrogens is 3. The molecule has 0 amide bonds. The molecule has 0 atom stereocenters. The van der Waals surface area contributed by atoms with Crippen LogP contribution in [0.5, 0.6) is 5.75 Å². The highest BCUT2D eigenvalue weighted by Crippen LogP contribution is 2.32. The predicted molar refractivity (Wildman–Crippen MR) is 141 cm³/mol. The average molecular weight is 463 g/mol. The summed E-state index contributed by atoms with van der Waals surface area (Å²) in [6.07, 6.45) is 7.01. The number of pyridine rings is 1. The Labute approximate surface area is 203 Å². The highest BCUT2D eigenvalue weighted by Gasteiger charge is 2.26. The molecule has 3 aromatic rings. The molecule has 0 unspecified atom stereocenters. The molecule has 0 aliphatic rings. The normalized spacial score (nSPS) is 12.0. The van der Waals surface area contributed by atoms with E-state index in [0.29, 0.717) is 0 Å². The maximum Gasteiger partial charge on any atom is 0.115 e. The van der Waals surface area contributed by atoms with E-state index in [0.717, 1.165) is 64.7 Å². The number of hydrogen-bond donors (Lipinski definition) is 2. The number of imidazole rings is 1. The second-order valence-electron chi connectivity index (χ2n) is 8.79. The van der Waals surface area contributed by atoms with Gasteiger partial charge in [0.05, 0.1) is 22.3 Å². The molecule has 0 aliphatic carbocycles. The molecule has 0 bridgehead atoms. The number of phenolic OH excluding ortho intramolecular Hbond substituents is 1. The summed E-state index contributed by atoms with van der Waals surface area (Å²) in [5.41, 5.74) is 4.05. The van der Waals surface area contributed by atoms with Crippen LogP contribution in [0.4, 0.5) is 0 Å². The van der Waals surface area contributed by atoms with Gasteiger partial charge in [-0.05, 0) is 70.4 Å². The van der Waals surface area contributed by atoms with Gasteiger partial charge < -0.3 is 10.2 Å². The van der Waals surface area contributed by atoms with Gasteiger partial charge in [-0.25, -0.2) is 4.98 Å². The molecule has 2 N–H and O–H groups in total. The van der Waals surface area contributed by atoms with E-state index in [1.165, 1.54) is 0 Å². The quantitative estimate of drug-likeness (QED) is 0.495. The first kappa shape index (κ1) is 27.0. The number of phenols is 1. The molecule has 2 aromatic heterocycles. The van der Waals surface area contributed by atoms with Crippen LogP contribution in [0.15, 0.2) is 53.9 Å². The minimum absolute atomic E-state index is 0.245. The molecular weight excluding hydrogens is 424 g/mol. The number of benzene rings is 1. The summed E-state index contributed by atoms with van der Waals surface area (Å²) < 4.78 is 1.95. The second kappa shape index (κ2) is 12.3. The summed E-state index contributed by atoms with van der Waals surface area (Å²) in [6.45, 7) is 16.1. The van der Waals surface area contributed by atoms with E-state index in [9.17, 15) is 10.2 Å². The molecule has 0 saturated carbocycles. The Kier molecular flexibility index (Phi) is 9.75. The zero-order valence-electron chi connectivity index (χ0n) is 21.3. The van der Waals surface area contributed by atoms with Crippen LogP contribution < -0.4 is 10.7 Å². The second-order valence-corrected chi connectivity index (χ2v) is 8.79. The zero-order valence-corrected chi connectivity index (χ0v) is 21.3. The first-order chi connectivity index (χ1) is 16.1. The Morgan fingerprint density at radius 2 is 1.65 bits per heavy atom. The number of rotatable bonds is 7. The minimum Gasteiger partial charge on any atom is -0.508 e. The Morgan fingerprint density at radius 1 is 1.03 bits per heavy atom. The van der Waals surface area contributed by atoms with Gasteiger partial charge in [0.1, 0.15) is 17.4 Å². The highest BCUT2D eigenvalue weighted by molar-refractivity contribution is 5.82. The largest absolute Gasteiger partial charge is 0.508 e. The summed E-state index contributed by atoms with van der Waals surface area (Å²) in [5.74, 6) is 0.245. The Bertz CT molecular complexity index is 1200. The Morgan fingerprint density at radius 3 is 2.18 bits per heavy atom. The van der Waals surface area contributed by atoms with Crippen LogP contribution in [0.1, 0.15) is 71.6 Å². The lowest BCUT2D eigenvalue weighted by molar-refractivity contribution is 0.0169. The van der Waals surface area contributed by atoms with E-state index < -0.39 is 5.60 Å². The summed E-state index contributed by atoms with van der Waals surface area (Å²) in [5, 5.41) is 21.4. The van der Waals surface area contributed by atoms with Crippen molar-refractivity contribution < 1.29 is 10.2 Å². The number of aromatic hydroxyl groups is 1. The van der Waals surface area contributed by atoms with Gasteiger partial charge in [-0.1, -0.05) is 45.4 Å². The summed E-state index contributed by atoms with van der Waals surface area (Å²) >= 11 is 0. The lowest BCUT2D eigenvalue weighted by atomic mass is 9.85. The van der Waals surface area contributed by atoms with Crippen LogP contribution in [0, 0.1) is 6.92 Å². The first-order valence-electron chi connectivity index (χ1n) is 11.8. The van der Waals surface area contributed by atoms with Crippen LogP contribution in [0.3, 0.4) is 0 Å². The number of nitrogens with zero attached hydrogens (tertiary/aromatic N) is 4. The third-order valence-electron chi connectivity index (χ3n) is 5.49. The Hall–Kier alpha value is -3.25. The van der Waals surface area contributed by atoms with Crippen molar-refractivity contribution >= 4 is 18.0 Å². The maximum absolute atomic E-state index is 10.5. The smallest absolute Gasteiger partial charge is 0.115 e. The van der Waals surface area contributed by atoms with E-state index in [1.807, 2.05) is 44.4 Å². The molecule has 1 aromatic carbocycles. The van der Waals surface area contributed by atoms with E-state index >= 15 is 0 Å². The molecule has 34 heavy (non-hydrogen) atoms. The summed E-state index contributed by atoms with van der Waals surface area (Å²) in [7, 11) is 0. The van der Waals surface area contributed by atoms with Gasteiger partial charge in [-0.3, -0.25) is 14.5 Å². The summed E-state index contributed by atoms with van der Waals surface area (Å²) in [4.78, 5) is 13.0. The van der Waals surface area contributed by atoms with Crippen molar-refractivity contribution in [2.24, 2.45) is 4.99 Å². The Balaban J connectivity index is 0.000000248. The number of aliphatic hydroxyl groups is 1. The molecule has 0 radical (unpaired) electrons. The standard InChI is InChI=1S/C15H18N4.C13H20O2/c1-10(2)18-12(4)15-13(5)19(9-17-15)14-6-7-16-11(3)8-14;1-3-9-13(15,10-4-2)11-5-7-12(14)8-6-11/h6-9H,5H2,1-4H3;5-8,14-15H,3-4,9-10H2,1-2H3/b15-12+;. The van der Waals surface area contributed by atoms with E-state index in [1.54, 1.807) is 36.8 Å². The first-order valence-corrected chi connectivity index (χ1v) is 11.8. The molecule has 6 nitrogen and oxygen atoms in total. The highest BCUT2D eigenvalue weighted by atomic mass is 16.3. The van der Waals surface area contributed by atoms with Crippen molar-refractivity contribution in [1.29, 1.82) is 0 Å². The fourth-order valence-corrected chi connectivity index (χ4v) is 3.98. The zero-order chi connectivity index (χ0) is 25.3.